The second kappa shape index (κ2) is 14.8. The summed E-state index contributed by atoms with van der Waals surface area (Å²) in [6, 6.07) is 16.6. The van der Waals surface area contributed by atoms with Gasteiger partial charge in [-0.1, -0.05) is 108 Å². The number of carbonyl (C=O) groups is 1. The molecule has 2 heterocycles. The van der Waals surface area contributed by atoms with Gasteiger partial charge < -0.3 is 14.5 Å². The molecule has 0 aliphatic rings. The number of aryl methyl sites for hydroxylation is 2. The van der Waals surface area contributed by atoms with Crippen LogP contribution in [0.1, 0.15) is 91.0 Å². The number of aliphatic hydroxyl groups excluding tert-OH is 1. The second-order valence-corrected chi connectivity index (χ2v) is 13.1. The van der Waals surface area contributed by atoms with Crippen molar-refractivity contribution >= 4 is 49.2 Å². The molecule has 237 valence electrons. The van der Waals surface area contributed by atoms with E-state index in [1.807, 2.05) is 33.9 Å². The Labute approximate surface area is 276 Å². The van der Waals surface area contributed by atoms with Gasteiger partial charge in [0.2, 0.25) is 0 Å². The summed E-state index contributed by atoms with van der Waals surface area (Å²) in [5.41, 5.74) is 4.45. The van der Waals surface area contributed by atoms with Crippen LogP contribution in [0.4, 0.5) is 0 Å². The standard InChI is InChI=1S/C26H24NO.C13H24O2.Ir/c1-15-12-21-19(18-9-7-6-8-17(15)18)10-11-20-24-16(2)22(13-26(3,4)5)28-23(24)14-27-25(20)21;1-5-10(6-2)12(14)9-13(15)11(7-3)8-4;/h6-11,14H,13H2,1-5H3;9-11,14H,5-8H2,1-4H3;/q-1;;/b;12-9-;. The van der Waals surface area contributed by atoms with E-state index in [4.69, 9.17) is 9.40 Å². The average Bonchev–Trinajstić information content (AvgIpc) is 3.28. The third-order valence-electron chi connectivity index (χ3n) is 8.74. The minimum Gasteiger partial charge on any atom is -0.512 e. The predicted octanol–water partition coefficient (Wildman–Crippen LogP) is 11.2. The van der Waals surface area contributed by atoms with Crippen LogP contribution < -0.4 is 0 Å². The topological polar surface area (TPSA) is 63.3 Å². The largest absolute Gasteiger partial charge is 0.512 e. The van der Waals surface area contributed by atoms with Crippen LogP contribution in [-0.4, -0.2) is 15.9 Å². The van der Waals surface area contributed by atoms with Crippen LogP contribution >= 0.6 is 0 Å². The maximum absolute atomic E-state index is 11.7. The van der Waals surface area contributed by atoms with Gasteiger partial charge in [0, 0.05) is 49.8 Å². The Balaban J connectivity index is 0.000000286. The first-order valence-corrected chi connectivity index (χ1v) is 15.9. The Bertz CT molecular complexity index is 1780. The van der Waals surface area contributed by atoms with Crippen LogP contribution in [0.15, 0.2) is 58.8 Å². The minimum atomic E-state index is 0. The summed E-state index contributed by atoms with van der Waals surface area (Å²) in [5, 5.41) is 16.9. The molecule has 5 heteroatoms. The predicted molar refractivity (Wildman–Crippen MR) is 182 cm³/mol. The van der Waals surface area contributed by atoms with Crippen LogP contribution in [0.5, 0.6) is 0 Å². The molecule has 1 radical (unpaired) electrons. The number of pyridine rings is 1. The fourth-order valence-electron chi connectivity index (χ4n) is 6.14. The van der Waals surface area contributed by atoms with E-state index < -0.39 is 0 Å². The summed E-state index contributed by atoms with van der Waals surface area (Å²) < 4.78 is 6.22. The number of rotatable bonds is 8. The molecule has 0 aliphatic carbocycles. The molecule has 5 rings (SSSR count). The van der Waals surface area contributed by atoms with E-state index in [9.17, 15) is 9.90 Å². The molecule has 0 aliphatic heterocycles. The second-order valence-electron chi connectivity index (χ2n) is 13.1. The Morgan fingerprint density at radius 1 is 0.909 bits per heavy atom. The normalized spacial score (nSPS) is 12.3. The van der Waals surface area contributed by atoms with E-state index in [0.29, 0.717) is 0 Å². The molecule has 0 fully saturated rings. The van der Waals surface area contributed by atoms with E-state index in [1.165, 1.54) is 33.2 Å². The molecule has 0 saturated carbocycles. The molecular formula is C39H48IrNO3-. The van der Waals surface area contributed by atoms with Gasteiger partial charge in [-0.05, 0) is 54.5 Å². The van der Waals surface area contributed by atoms with Crippen LogP contribution in [0.25, 0.3) is 43.4 Å². The monoisotopic (exact) mass is 771 g/mol. The van der Waals surface area contributed by atoms with Crippen molar-refractivity contribution in [3.8, 4) is 0 Å². The van der Waals surface area contributed by atoms with Crippen molar-refractivity contribution in [3.63, 3.8) is 0 Å². The fraction of sp³-hybridized carbons (Fsp3) is 0.436. The van der Waals surface area contributed by atoms with Gasteiger partial charge in [0.25, 0.3) is 0 Å². The van der Waals surface area contributed by atoms with Gasteiger partial charge in [-0.3, -0.25) is 4.79 Å². The molecule has 0 atom stereocenters. The van der Waals surface area contributed by atoms with E-state index in [2.05, 4.69) is 77.1 Å². The molecule has 2 aromatic heterocycles. The van der Waals surface area contributed by atoms with Gasteiger partial charge in [-0.25, -0.2) is 0 Å². The molecule has 0 spiro atoms. The molecule has 0 amide bonds. The number of fused-ring (bicyclic) bond motifs is 7. The maximum Gasteiger partial charge on any atom is 0.162 e. The SMILES string of the molecule is CCC(CC)C(=O)/C=C(\O)C(CC)CC.Cc1[c-]c2c(ccc3c2ncc2oc(CC(C)(C)C)c(C)c23)c2ccccc12.[Ir]. The number of benzene rings is 3. The quantitative estimate of drug-likeness (QED) is 0.0739. The molecule has 0 bridgehead atoms. The Hall–Kier alpha value is -3.01. The van der Waals surface area contributed by atoms with Crippen molar-refractivity contribution in [2.24, 2.45) is 17.3 Å². The van der Waals surface area contributed by atoms with E-state index in [1.54, 1.807) is 0 Å². The zero-order valence-corrected chi connectivity index (χ0v) is 30.2. The average molecular weight is 771 g/mol. The Morgan fingerprint density at radius 2 is 1.50 bits per heavy atom. The summed E-state index contributed by atoms with van der Waals surface area (Å²) in [7, 11) is 0. The first-order chi connectivity index (χ1) is 20.4. The summed E-state index contributed by atoms with van der Waals surface area (Å²) in [4.78, 5) is 16.5. The van der Waals surface area contributed by atoms with Crippen LogP contribution in [0.2, 0.25) is 0 Å². The minimum absolute atomic E-state index is 0. The number of carbonyl (C=O) groups excluding carboxylic acids is 1. The van der Waals surface area contributed by atoms with Gasteiger partial charge >= 0.3 is 0 Å². The van der Waals surface area contributed by atoms with Crippen molar-refractivity contribution in [2.45, 2.75) is 94.4 Å². The van der Waals surface area contributed by atoms with Crippen LogP contribution in [0, 0.1) is 37.2 Å². The number of allylic oxidation sites excluding steroid dienone is 2. The number of nitrogens with zero attached hydrogens (tertiary/aromatic N) is 1. The van der Waals surface area contributed by atoms with Gasteiger partial charge in [-0.2, -0.15) is 0 Å². The van der Waals surface area contributed by atoms with E-state index in [-0.39, 0.29) is 48.9 Å². The third kappa shape index (κ3) is 7.44. The van der Waals surface area contributed by atoms with Gasteiger partial charge in [0.15, 0.2) is 11.4 Å². The molecule has 0 saturated heterocycles. The number of aromatic nitrogens is 1. The molecule has 1 N–H and O–H groups in total. The van der Waals surface area contributed by atoms with Gasteiger partial charge in [-0.15, -0.1) is 17.0 Å². The molecule has 44 heavy (non-hydrogen) atoms. The van der Waals surface area contributed by atoms with E-state index >= 15 is 0 Å². The van der Waals surface area contributed by atoms with Crippen LogP contribution in [0.3, 0.4) is 0 Å². The van der Waals surface area contributed by atoms with Gasteiger partial charge in [0.05, 0.1) is 12.0 Å². The fourth-order valence-corrected chi connectivity index (χ4v) is 6.14. The maximum atomic E-state index is 11.7. The van der Waals surface area contributed by atoms with Crippen molar-refractivity contribution < 1.29 is 34.4 Å². The van der Waals surface area contributed by atoms with E-state index in [0.717, 1.165) is 65.3 Å². The van der Waals surface area contributed by atoms with Crippen molar-refractivity contribution in [1.29, 1.82) is 0 Å². The first kappa shape index (κ1) is 35.5. The van der Waals surface area contributed by atoms with Crippen molar-refractivity contribution in [1.82, 2.24) is 4.98 Å². The first-order valence-electron chi connectivity index (χ1n) is 15.9. The summed E-state index contributed by atoms with van der Waals surface area (Å²) in [6.45, 7) is 19.1. The third-order valence-corrected chi connectivity index (χ3v) is 8.74. The zero-order chi connectivity index (χ0) is 31.5. The zero-order valence-electron chi connectivity index (χ0n) is 27.9. The van der Waals surface area contributed by atoms with Crippen LogP contribution in [-0.2, 0) is 31.3 Å². The molecular weight excluding hydrogens is 723 g/mol. The van der Waals surface area contributed by atoms with Crippen molar-refractivity contribution in [3.05, 3.63) is 77.4 Å². The number of hydrogen-bond donors (Lipinski definition) is 1. The smallest absolute Gasteiger partial charge is 0.162 e. The molecule has 5 aromatic rings. The Kier molecular flexibility index (Phi) is 12.0. The molecule has 4 nitrogen and oxygen atoms in total. The number of hydrogen-bond acceptors (Lipinski definition) is 4. The summed E-state index contributed by atoms with van der Waals surface area (Å²) >= 11 is 0. The van der Waals surface area contributed by atoms with Gasteiger partial charge in [0.1, 0.15) is 5.76 Å². The molecule has 3 aromatic carbocycles. The summed E-state index contributed by atoms with van der Waals surface area (Å²) in [6.07, 6.45) is 7.70. The number of ketones is 1. The molecule has 0 unspecified atom stereocenters. The van der Waals surface area contributed by atoms with Crippen molar-refractivity contribution in [2.75, 3.05) is 0 Å². The summed E-state index contributed by atoms with van der Waals surface area (Å²) in [5.74, 6) is 1.61. The number of aliphatic hydroxyl groups is 1. The number of furan rings is 1. The Morgan fingerprint density at radius 3 is 2.09 bits per heavy atom.